The van der Waals surface area contributed by atoms with Crippen LogP contribution in [0.2, 0.25) is 0 Å². The molecule has 23 heavy (non-hydrogen) atoms. The molecule has 0 saturated carbocycles. The first kappa shape index (κ1) is 15.2. The third kappa shape index (κ3) is 3.72. The summed E-state index contributed by atoms with van der Waals surface area (Å²) in [5.41, 5.74) is 2.97. The predicted molar refractivity (Wildman–Crippen MR) is 90.8 cm³/mol. The summed E-state index contributed by atoms with van der Waals surface area (Å²) in [6.07, 6.45) is 4.67. The van der Waals surface area contributed by atoms with Crippen LogP contribution in [0.15, 0.2) is 60.9 Å². The van der Waals surface area contributed by atoms with Crippen LogP contribution in [0, 0.1) is 0 Å². The number of aryl methyl sites for hydroxylation is 1. The number of hydrogen-bond donors (Lipinski definition) is 0. The number of rotatable bonds is 5. The molecule has 0 saturated heterocycles. The van der Waals surface area contributed by atoms with Gasteiger partial charge in [-0.1, -0.05) is 30.3 Å². The number of hydrogen-bond acceptors (Lipinski definition) is 3. The van der Waals surface area contributed by atoms with E-state index in [1.54, 1.807) is 17.3 Å². The van der Waals surface area contributed by atoms with Gasteiger partial charge in [-0.05, 0) is 30.2 Å². The van der Waals surface area contributed by atoms with E-state index in [1.807, 2.05) is 55.6 Å². The molecule has 0 aliphatic rings. The Morgan fingerprint density at radius 3 is 2.65 bits per heavy atom. The molecular weight excluding hydrogens is 286 g/mol. The number of pyridine rings is 2. The second-order valence-corrected chi connectivity index (χ2v) is 5.56. The molecule has 2 aromatic heterocycles. The molecule has 3 rings (SSSR count). The van der Waals surface area contributed by atoms with Crippen molar-refractivity contribution < 1.29 is 4.79 Å². The summed E-state index contributed by atoms with van der Waals surface area (Å²) in [6.45, 7) is 0.565. The quantitative estimate of drug-likeness (QED) is 0.727. The van der Waals surface area contributed by atoms with Crippen LogP contribution >= 0.6 is 0 Å². The summed E-state index contributed by atoms with van der Waals surface area (Å²) in [4.78, 5) is 22.8. The van der Waals surface area contributed by atoms with E-state index in [4.69, 9.17) is 0 Å². The van der Waals surface area contributed by atoms with Crippen molar-refractivity contribution in [3.05, 3.63) is 72.2 Å². The Labute approximate surface area is 135 Å². The third-order valence-electron chi connectivity index (χ3n) is 3.87. The number of carbonyl (C=O) groups is 1. The van der Waals surface area contributed by atoms with Gasteiger partial charge in [-0.15, -0.1) is 0 Å². The van der Waals surface area contributed by atoms with Crippen molar-refractivity contribution >= 4 is 16.8 Å². The highest BCUT2D eigenvalue weighted by molar-refractivity contribution is 5.82. The molecule has 4 nitrogen and oxygen atoms in total. The molecule has 0 bridgehead atoms. The zero-order valence-corrected chi connectivity index (χ0v) is 13.1. The lowest BCUT2D eigenvalue weighted by Crippen LogP contribution is -2.26. The van der Waals surface area contributed by atoms with Gasteiger partial charge in [0, 0.05) is 43.5 Å². The summed E-state index contributed by atoms with van der Waals surface area (Å²) in [6, 6.07) is 15.8. The molecule has 2 heterocycles. The molecule has 0 aliphatic heterocycles. The van der Waals surface area contributed by atoms with Crippen molar-refractivity contribution in [2.75, 3.05) is 7.05 Å². The van der Waals surface area contributed by atoms with E-state index in [0.717, 1.165) is 22.2 Å². The van der Waals surface area contributed by atoms with Crippen LogP contribution in [-0.4, -0.2) is 27.8 Å². The summed E-state index contributed by atoms with van der Waals surface area (Å²) in [5, 5.41) is 1.10. The lowest BCUT2D eigenvalue weighted by atomic mass is 10.1. The number of carbonyl (C=O) groups excluding carboxylic acids is 1. The lowest BCUT2D eigenvalue weighted by Gasteiger charge is -2.18. The number of benzene rings is 1. The second kappa shape index (κ2) is 7.01. The standard InChI is InChI=1S/C19H19N3O/c1-22(18(23)11-10-17-9-2-3-12-20-17)14-16-7-4-6-15-8-5-13-21-19(15)16/h2-9,12-13H,10-11,14H2,1H3. The van der Waals surface area contributed by atoms with Crippen molar-refractivity contribution in [1.82, 2.24) is 14.9 Å². The van der Waals surface area contributed by atoms with Gasteiger partial charge in [0.05, 0.1) is 5.52 Å². The zero-order chi connectivity index (χ0) is 16.1. The SMILES string of the molecule is CN(Cc1cccc2cccnc12)C(=O)CCc1ccccn1. The fourth-order valence-corrected chi connectivity index (χ4v) is 2.61. The van der Waals surface area contributed by atoms with Gasteiger partial charge in [-0.3, -0.25) is 14.8 Å². The molecule has 116 valence electrons. The molecule has 0 N–H and O–H groups in total. The first-order valence-corrected chi connectivity index (χ1v) is 7.70. The molecule has 0 aliphatic carbocycles. The van der Waals surface area contributed by atoms with Gasteiger partial charge in [-0.25, -0.2) is 0 Å². The number of fused-ring (bicyclic) bond motifs is 1. The van der Waals surface area contributed by atoms with Crippen molar-refractivity contribution in [1.29, 1.82) is 0 Å². The van der Waals surface area contributed by atoms with Gasteiger partial charge in [-0.2, -0.15) is 0 Å². The maximum Gasteiger partial charge on any atom is 0.223 e. The molecule has 0 fully saturated rings. The largest absolute Gasteiger partial charge is 0.341 e. The first-order valence-electron chi connectivity index (χ1n) is 7.70. The van der Waals surface area contributed by atoms with Crippen LogP contribution < -0.4 is 0 Å². The van der Waals surface area contributed by atoms with Crippen LogP contribution in [0.25, 0.3) is 10.9 Å². The Morgan fingerprint density at radius 1 is 1.00 bits per heavy atom. The number of nitrogens with zero attached hydrogens (tertiary/aromatic N) is 3. The molecule has 0 unspecified atom stereocenters. The van der Waals surface area contributed by atoms with E-state index >= 15 is 0 Å². The summed E-state index contributed by atoms with van der Waals surface area (Å²) in [5.74, 6) is 0.114. The van der Waals surface area contributed by atoms with E-state index in [0.29, 0.717) is 19.4 Å². The van der Waals surface area contributed by atoms with Crippen molar-refractivity contribution in [3.8, 4) is 0 Å². The Morgan fingerprint density at radius 2 is 1.83 bits per heavy atom. The van der Waals surface area contributed by atoms with Crippen LogP contribution in [0.4, 0.5) is 0 Å². The van der Waals surface area contributed by atoms with Gasteiger partial charge in [0.15, 0.2) is 0 Å². The van der Waals surface area contributed by atoms with Gasteiger partial charge >= 0.3 is 0 Å². The van der Waals surface area contributed by atoms with Crippen molar-refractivity contribution in [3.63, 3.8) is 0 Å². The van der Waals surface area contributed by atoms with Gasteiger partial charge in [0.25, 0.3) is 0 Å². The highest BCUT2D eigenvalue weighted by Gasteiger charge is 2.11. The topological polar surface area (TPSA) is 46.1 Å². The highest BCUT2D eigenvalue weighted by Crippen LogP contribution is 2.17. The minimum absolute atomic E-state index is 0.114. The maximum absolute atomic E-state index is 12.3. The summed E-state index contributed by atoms with van der Waals surface area (Å²) >= 11 is 0. The molecule has 1 amide bonds. The normalized spacial score (nSPS) is 10.7. The van der Waals surface area contributed by atoms with Crippen LogP contribution in [0.1, 0.15) is 17.7 Å². The molecule has 1 aromatic carbocycles. The minimum Gasteiger partial charge on any atom is -0.341 e. The summed E-state index contributed by atoms with van der Waals surface area (Å²) < 4.78 is 0. The average molecular weight is 305 g/mol. The van der Waals surface area contributed by atoms with Crippen LogP contribution in [0.5, 0.6) is 0 Å². The number of aromatic nitrogens is 2. The van der Waals surface area contributed by atoms with Crippen molar-refractivity contribution in [2.24, 2.45) is 0 Å². The van der Waals surface area contributed by atoms with E-state index < -0.39 is 0 Å². The van der Waals surface area contributed by atoms with Gasteiger partial charge in [0.1, 0.15) is 0 Å². The number of amides is 1. The fraction of sp³-hybridized carbons (Fsp3) is 0.211. The first-order chi connectivity index (χ1) is 11.2. The third-order valence-corrected chi connectivity index (χ3v) is 3.87. The smallest absolute Gasteiger partial charge is 0.223 e. The predicted octanol–water partition coefficient (Wildman–Crippen LogP) is 3.22. The van der Waals surface area contributed by atoms with Crippen LogP contribution in [0.3, 0.4) is 0 Å². The van der Waals surface area contributed by atoms with E-state index in [9.17, 15) is 4.79 Å². The molecular formula is C19H19N3O. The Kier molecular flexibility index (Phi) is 4.62. The molecule has 3 aromatic rings. The zero-order valence-electron chi connectivity index (χ0n) is 13.1. The van der Waals surface area contributed by atoms with Crippen molar-refractivity contribution in [2.45, 2.75) is 19.4 Å². The summed E-state index contributed by atoms with van der Waals surface area (Å²) in [7, 11) is 1.84. The Hall–Kier alpha value is -2.75. The lowest BCUT2D eigenvalue weighted by molar-refractivity contribution is -0.130. The van der Waals surface area contributed by atoms with Gasteiger partial charge < -0.3 is 4.90 Å². The Bertz CT molecular complexity index is 797. The second-order valence-electron chi connectivity index (χ2n) is 5.56. The fourth-order valence-electron chi connectivity index (χ4n) is 2.61. The highest BCUT2D eigenvalue weighted by atomic mass is 16.2. The van der Waals surface area contributed by atoms with E-state index in [2.05, 4.69) is 9.97 Å². The maximum atomic E-state index is 12.3. The van der Waals surface area contributed by atoms with E-state index in [1.165, 1.54) is 0 Å². The Balaban J connectivity index is 1.66. The molecule has 0 radical (unpaired) electrons. The molecule has 0 spiro atoms. The van der Waals surface area contributed by atoms with Crippen LogP contribution in [-0.2, 0) is 17.8 Å². The van der Waals surface area contributed by atoms with E-state index in [-0.39, 0.29) is 5.91 Å². The number of para-hydroxylation sites is 1. The average Bonchev–Trinajstić information content (AvgIpc) is 2.61. The molecule has 0 atom stereocenters. The van der Waals surface area contributed by atoms with Gasteiger partial charge in [0.2, 0.25) is 5.91 Å². The molecule has 4 heteroatoms. The minimum atomic E-state index is 0.114. The monoisotopic (exact) mass is 305 g/mol.